The van der Waals surface area contributed by atoms with Gasteiger partial charge in [-0.1, -0.05) is 45.9 Å². The van der Waals surface area contributed by atoms with Gasteiger partial charge in [-0.3, -0.25) is 4.79 Å². The third-order valence-electron chi connectivity index (χ3n) is 4.58. The van der Waals surface area contributed by atoms with Crippen molar-refractivity contribution in [2.24, 2.45) is 5.92 Å². The Morgan fingerprint density at radius 2 is 1.71 bits per heavy atom. The number of nitrogens with zero attached hydrogens (tertiary/aromatic N) is 1. The summed E-state index contributed by atoms with van der Waals surface area (Å²) in [6.45, 7) is 8.07. The number of nitrogens with one attached hydrogen (secondary N) is 1. The van der Waals surface area contributed by atoms with Crippen molar-refractivity contribution < 1.29 is 17.9 Å². The molecule has 2 aromatic carbocycles. The predicted octanol–water partition coefficient (Wildman–Crippen LogP) is 4.49. The van der Waals surface area contributed by atoms with Gasteiger partial charge < -0.3 is 10.1 Å². The number of sulfonamides is 1. The first-order valence-corrected chi connectivity index (χ1v) is 10.9. The Labute approximate surface area is 167 Å². The molecule has 6 nitrogen and oxygen atoms in total. The zero-order valence-corrected chi connectivity index (χ0v) is 17.6. The monoisotopic (exact) mass is 404 g/mol. The van der Waals surface area contributed by atoms with Gasteiger partial charge in [0, 0.05) is 19.0 Å². The highest BCUT2D eigenvalue weighted by Crippen LogP contribution is 2.33. The molecule has 1 unspecified atom stereocenters. The van der Waals surface area contributed by atoms with Gasteiger partial charge in [-0.2, -0.15) is 4.31 Å². The summed E-state index contributed by atoms with van der Waals surface area (Å²) in [5, 5.41) is 2.82. The van der Waals surface area contributed by atoms with Gasteiger partial charge in [0.15, 0.2) is 5.75 Å². The van der Waals surface area contributed by atoms with Crippen LogP contribution in [-0.4, -0.2) is 31.7 Å². The van der Waals surface area contributed by atoms with Crippen LogP contribution in [0.3, 0.4) is 0 Å². The van der Waals surface area contributed by atoms with E-state index in [0.29, 0.717) is 36.7 Å². The minimum Gasteiger partial charge on any atom is -0.455 e. The highest BCUT2D eigenvalue weighted by atomic mass is 32.2. The van der Waals surface area contributed by atoms with E-state index in [-0.39, 0.29) is 16.7 Å². The van der Waals surface area contributed by atoms with E-state index >= 15 is 0 Å². The zero-order chi connectivity index (χ0) is 20.7. The first kappa shape index (κ1) is 21.9. The Balaban J connectivity index is 2.46. The van der Waals surface area contributed by atoms with Gasteiger partial charge in [0.1, 0.15) is 5.75 Å². The SMILES string of the molecule is CCC(C)C(=O)Nc1cc(S(=O)(=O)N(CC)CC)ccc1Oc1ccccc1. The van der Waals surface area contributed by atoms with E-state index in [0.717, 1.165) is 0 Å². The average molecular weight is 405 g/mol. The molecule has 0 aliphatic heterocycles. The fourth-order valence-corrected chi connectivity index (χ4v) is 4.11. The quantitative estimate of drug-likeness (QED) is 0.668. The van der Waals surface area contributed by atoms with Crippen LogP contribution in [0.15, 0.2) is 53.4 Å². The fourth-order valence-electron chi connectivity index (χ4n) is 2.63. The molecule has 0 bridgehead atoms. The molecule has 0 spiro atoms. The molecule has 0 saturated carbocycles. The molecule has 0 radical (unpaired) electrons. The maximum Gasteiger partial charge on any atom is 0.243 e. The predicted molar refractivity (Wildman–Crippen MR) is 111 cm³/mol. The van der Waals surface area contributed by atoms with Crippen LogP contribution in [0.25, 0.3) is 0 Å². The maximum atomic E-state index is 12.9. The Kier molecular flexibility index (Phi) is 7.60. The van der Waals surface area contributed by atoms with E-state index in [1.165, 1.54) is 16.4 Å². The van der Waals surface area contributed by atoms with Gasteiger partial charge in [-0.15, -0.1) is 0 Å². The largest absolute Gasteiger partial charge is 0.455 e. The van der Waals surface area contributed by atoms with Crippen LogP contribution in [0.2, 0.25) is 0 Å². The van der Waals surface area contributed by atoms with Crippen LogP contribution in [-0.2, 0) is 14.8 Å². The van der Waals surface area contributed by atoms with Crippen LogP contribution < -0.4 is 10.1 Å². The van der Waals surface area contributed by atoms with Crippen LogP contribution in [0.4, 0.5) is 5.69 Å². The molecule has 0 heterocycles. The summed E-state index contributed by atoms with van der Waals surface area (Å²) in [6.07, 6.45) is 0.679. The second-order valence-corrected chi connectivity index (χ2v) is 8.40. The average Bonchev–Trinajstić information content (AvgIpc) is 2.70. The molecule has 0 fully saturated rings. The minimum atomic E-state index is -3.65. The lowest BCUT2D eigenvalue weighted by Gasteiger charge is -2.20. The molecule has 0 aromatic heterocycles. The molecule has 2 aromatic rings. The number of hydrogen-bond donors (Lipinski definition) is 1. The highest BCUT2D eigenvalue weighted by Gasteiger charge is 2.24. The molecule has 0 aliphatic carbocycles. The molecular weight excluding hydrogens is 376 g/mol. The van der Waals surface area contributed by atoms with E-state index in [2.05, 4.69) is 5.32 Å². The number of hydrogen-bond acceptors (Lipinski definition) is 4. The molecule has 2 rings (SSSR count). The van der Waals surface area contributed by atoms with E-state index in [1.807, 2.05) is 32.0 Å². The van der Waals surface area contributed by atoms with Gasteiger partial charge in [0.05, 0.1) is 10.6 Å². The molecule has 1 amide bonds. The van der Waals surface area contributed by atoms with Gasteiger partial charge in [-0.25, -0.2) is 8.42 Å². The van der Waals surface area contributed by atoms with Crippen LogP contribution in [0, 0.1) is 5.92 Å². The van der Waals surface area contributed by atoms with E-state index < -0.39 is 10.0 Å². The van der Waals surface area contributed by atoms with Crippen LogP contribution in [0.5, 0.6) is 11.5 Å². The normalized spacial score (nSPS) is 12.6. The number of amides is 1. The number of rotatable bonds is 9. The summed E-state index contributed by atoms with van der Waals surface area (Å²) in [4.78, 5) is 12.6. The van der Waals surface area contributed by atoms with Gasteiger partial charge in [0.2, 0.25) is 15.9 Å². The summed E-state index contributed by atoms with van der Waals surface area (Å²) in [6, 6.07) is 13.7. The minimum absolute atomic E-state index is 0.121. The summed E-state index contributed by atoms with van der Waals surface area (Å²) in [7, 11) is -3.65. The molecule has 28 heavy (non-hydrogen) atoms. The molecule has 1 atom stereocenters. The fraction of sp³-hybridized carbons (Fsp3) is 0.381. The third kappa shape index (κ3) is 5.11. The number of ether oxygens (including phenoxy) is 1. The van der Waals surface area contributed by atoms with Gasteiger partial charge >= 0.3 is 0 Å². The van der Waals surface area contributed by atoms with E-state index in [1.54, 1.807) is 32.0 Å². The van der Waals surface area contributed by atoms with Gasteiger partial charge in [-0.05, 0) is 36.8 Å². The number of anilines is 1. The van der Waals surface area contributed by atoms with Crippen molar-refractivity contribution in [2.75, 3.05) is 18.4 Å². The van der Waals surface area contributed by atoms with E-state index in [4.69, 9.17) is 4.74 Å². The summed E-state index contributed by atoms with van der Waals surface area (Å²) >= 11 is 0. The van der Waals surface area contributed by atoms with Crippen molar-refractivity contribution >= 4 is 21.6 Å². The standard InChI is InChI=1S/C21H28N2O4S/c1-5-16(4)21(24)22-19-15-18(28(25,26)23(6-2)7-3)13-14-20(19)27-17-11-9-8-10-12-17/h8-16H,5-7H2,1-4H3,(H,22,24). The lowest BCUT2D eigenvalue weighted by molar-refractivity contribution is -0.119. The summed E-state index contributed by atoms with van der Waals surface area (Å²) < 4.78 is 33.0. The molecule has 7 heteroatoms. The second-order valence-electron chi connectivity index (χ2n) is 6.46. The van der Waals surface area contributed by atoms with Crippen LogP contribution >= 0.6 is 0 Å². The molecule has 1 N–H and O–H groups in total. The highest BCUT2D eigenvalue weighted by molar-refractivity contribution is 7.89. The topological polar surface area (TPSA) is 75.7 Å². The molecule has 0 saturated heterocycles. The maximum absolute atomic E-state index is 12.9. The Bertz CT molecular complexity index is 894. The van der Waals surface area contributed by atoms with E-state index in [9.17, 15) is 13.2 Å². The first-order valence-electron chi connectivity index (χ1n) is 9.51. The Morgan fingerprint density at radius 3 is 2.29 bits per heavy atom. The zero-order valence-electron chi connectivity index (χ0n) is 16.8. The van der Waals surface area contributed by atoms with Crippen molar-refractivity contribution in [1.29, 1.82) is 0 Å². The van der Waals surface area contributed by atoms with Gasteiger partial charge in [0.25, 0.3) is 0 Å². The smallest absolute Gasteiger partial charge is 0.243 e. The Morgan fingerprint density at radius 1 is 1.07 bits per heavy atom. The number of carbonyl (C=O) groups is 1. The number of benzene rings is 2. The van der Waals surface area contributed by atoms with Crippen molar-refractivity contribution in [1.82, 2.24) is 4.31 Å². The lowest BCUT2D eigenvalue weighted by Crippen LogP contribution is -2.30. The number of carbonyl (C=O) groups excluding carboxylic acids is 1. The lowest BCUT2D eigenvalue weighted by atomic mass is 10.1. The molecule has 0 aliphatic rings. The van der Waals surface area contributed by atoms with Crippen molar-refractivity contribution in [3.05, 3.63) is 48.5 Å². The van der Waals surface area contributed by atoms with Crippen LogP contribution in [0.1, 0.15) is 34.1 Å². The molecular formula is C21H28N2O4S. The summed E-state index contributed by atoms with van der Waals surface area (Å²) in [5.74, 6) is 0.604. The van der Waals surface area contributed by atoms with Crippen molar-refractivity contribution in [3.63, 3.8) is 0 Å². The van der Waals surface area contributed by atoms with Crippen molar-refractivity contribution in [3.8, 4) is 11.5 Å². The van der Waals surface area contributed by atoms with Crippen molar-refractivity contribution in [2.45, 2.75) is 39.0 Å². The molecule has 152 valence electrons. The second kappa shape index (κ2) is 9.71. The number of para-hydroxylation sites is 1. The summed E-state index contributed by atoms with van der Waals surface area (Å²) in [5.41, 5.74) is 0.336. The third-order valence-corrected chi connectivity index (χ3v) is 6.63. The first-order chi connectivity index (χ1) is 13.3. The Hall–Kier alpha value is -2.38.